The van der Waals surface area contributed by atoms with Gasteiger partial charge in [-0.2, -0.15) is 18.4 Å². The van der Waals surface area contributed by atoms with Crippen LogP contribution in [0.1, 0.15) is 29.8 Å². The molecular weight excluding hydrogens is 443 g/mol. The summed E-state index contributed by atoms with van der Waals surface area (Å²) >= 11 is 0. The molecule has 3 atom stereocenters. The number of fused-ring (bicyclic) bond motifs is 1. The highest BCUT2D eigenvalue weighted by atomic mass is 19.4. The van der Waals surface area contributed by atoms with Crippen molar-refractivity contribution in [3.05, 3.63) is 30.0 Å². The van der Waals surface area contributed by atoms with Crippen LogP contribution in [-0.4, -0.2) is 54.6 Å². The molecule has 0 unspecified atom stereocenters. The lowest BCUT2D eigenvalue weighted by Crippen LogP contribution is -2.51. The fourth-order valence-corrected chi connectivity index (χ4v) is 3.68. The zero-order chi connectivity index (χ0) is 24.2. The van der Waals surface area contributed by atoms with Gasteiger partial charge in [0.25, 0.3) is 5.91 Å². The first-order valence-corrected chi connectivity index (χ1v) is 10.1. The van der Waals surface area contributed by atoms with E-state index in [0.717, 1.165) is 0 Å². The van der Waals surface area contributed by atoms with Gasteiger partial charge in [-0.1, -0.05) is 6.07 Å². The minimum atomic E-state index is -4.76. The summed E-state index contributed by atoms with van der Waals surface area (Å²) < 4.78 is 44.5. The van der Waals surface area contributed by atoms with Gasteiger partial charge in [-0.3, -0.25) is 14.4 Å². The Labute approximate surface area is 186 Å². The highest BCUT2D eigenvalue weighted by Crippen LogP contribution is 2.27. The first-order chi connectivity index (χ1) is 15.6. The molecule has 2 heterocycles. The first-order valence-electron chi connectivity index (χ1n) is 10.1. The van der Waals surface area contributed by atoms with Crippen LogP contribution >= 0.6 is 0 Å². The van der Waals surface area contributed by atoms with Crippen LogP contribution in [0.4, 0.5) is 13.2 Å². The third-order valence-electron chi connectivity index (χ3n) is 5.30. The van der Waals surface area contributed by atoms with Crippen LogP contribution in [0.3, 0.4) is 0 Å². The molecule has 0 aliphatic carbocycles. The Morgan fingerprint density at radius 2 is 2.09 bits per heavy atom. The van der Waals surface area contributed by atoms with Crippen molar-refractivity contribution in [2.45, 2.75) is 37.5 Å². The molecule has 0 spiro atoms. The van der Waals surface area contributed by atoms with Crippen LogP contribution < -0.4 is 20.7 Å². The maximum Gasteiger partial charge on any atom is 0.391 e. The number of benzene rings is 1. The van der Waals surface area contributed by atoms with Gasteiger partial charge in [0.2, 0.25) is 11.8 Å². The maximum atomic E-state index is 13.1. The van der Waals surface area contributed by atoms with Crippen molar-refractivity contribution in [2.24, 2.45) is 5.92 Å². The molecule has 1 saturated heterocycles. The van der Waals surface area contributed by atoms with E-state index in [1.165, 1.54) is 13.2 Å². The summed E-state index contributed by atoms with van der Waals surface area (Å²) in [6.07, 6.45) is -5.97. The molecule has 0 saturated carbocycles. The van der Waals surface area contributed by atoms with Crippen LogP contribution in [0.25, 0.3) is 10.9 Å². The number of halogens is 3. The number of methoxy groups -OCH3 is 1. The van der Waals surface area contributed by atoms with Crippen LogP contribution in [-0.2, 0) is 9.59 Å². The monoisotopic (exact) mass is 465 g/mol. The van der Waals surface area contributed by atoms with Crippen LogP contribution in [0.5, 0.6) is 5.75 Å². The second-order valence-corrected chi connectivity index (χ2v) is 7.65. The molecule has 1 fully saturated rings. The number of nitrogens with one attached hydrogen (secondary N) is 4. The second kappa shape index (κ2) is 9.81. The molecule has 0 radical (unpaired) electrons. The number of amides is 3. The van der Waals surface area contributed by atoms with E-state index >= 15 is 0 Å². The lowest BCUT2D eigenvalue weighted by molar-refractivity contribution is -0.149. The quantitative estimate of drug-likeness (QED) is 0.471. The second-order valence-electron chi connectivity index (χ2n) is 7.65. The highest BCUT2D eigenvalue weighted by Gasteiger charge is 2.38. The van der Waals surface area contributed by atoms with E-state index in [0.29, 0.717) is 29.6 Å². The molecule has 33 heavy (non-hydrogen) atoms. The van der Waals surface area contributed by atoms with Crippen molar-refractivity contribution in [3.63, 3.8) is 0 Å². The number of alkyl halides is 3. The van der Waals surface area contributed by atoms with Gasteiger partial charge in [-0.15, -0.1) is 0 Å². The molecule has 1 aromatic carbocycles. The van der Waals surface area contributed by atoms with Crippen molar-refractivity contribution in [2.75, 3.05) is 13.7 Å². The molecule has 4 N–H and O–H groups in total. The number of aromatic amines is 1. The molecule has 9 nitrogen and oxygen atoms in total. The lowest BCUT2D eigenvalue weighted by Gasteiger charge is -2.22. The van der Waals surface area contributed by atoms with Gasteiger partial charge in [0.05, 0.1) is 19.6 Å². The maximum absolute atomic E-state index is 13.1. The van der Waals surface area contributed by atoms with E-state index in [1.807, 2.05) is 0 Å². The Hall–Kier alpha value is -3.75. The summed E-state index contributed by atoms with van der Waals surface area (Å²) in [7, 11) is 1.44. The zero-order valence-electron chi connectivity index (χ0n) is 17.6. The third kappa shape index (κ3) is 5.94. The molecule has 12 heteroatoms. The van der Waals surface area contributed by atoms with Crippen molar-refractivity contribution < 1.29 is 32.3 Å². The molecule has 1 aliphatic heterocycles. The number of nitrogens with zero attached hydrogens (tertiary/aromatic N) is 1. The first kappa shape index (κ1) is 23.9. The van der Waals surface area contributed by atoms with E-state index < -0.39 is 42.4 Å². The Balaban J connectivity index is 1.74. The highest BCUT2D eigenvalue weighted by molar-refractivity contribution is 6.01. The van der Waals surface area contributed by atoms with Crippen molar-refractivity contribution in [1.82, 2.24) is 20.9 Å². The number of H-pyrrole nitrogens is 1. The van der Waals surface area contributed by atoms with Crippen molar-refractivity contribution >= 4 is 28.6 Å². The van der Waals surface area contributed by atoms with Gasteiger partial charge in [-0.25, -0.2) is 0 Å². The molecule has 1 aliphatic rings. The number of rotatable bonds is 8. The number of hydrogen-bond acceptors (Lipinski definition) is 5. The smallest absolute Gasteiger partial charge is 0.391 e. The third-order valence-corrected chi connectivity index (χ3v) is 5.30. The number of hydrogen-bond donors (Lipinski definition) is 4. The molecule has 3 rings (SSSR count). The largest absolute Gasteiger partial charge is 0.496 e. The number of aromatic nitrogens is 1. The number of carbonyl (C=O) groups excluding carboxylic acids is 3. The predicted octanol–water partition coefficient (Wildman–Crippen LogP) is 1.76. The van der Waals surface area contributed by atoms with Gasteiger partial charge in [0.15, 0.2) is 0 Å². The van der Waals surface area contributed by atoms with Gasteiger partial charge in [-0.05, 0) is 31.0 Å². The standard InChI is InChI=1S/C21H22F3N5O4/c1-33-17-4-2-3-14-13(17)8-15(28-14)19(31)29-16(9-21(22,23)24)20(32)27-12(10-25)7-11-5-6-26-18(11)30/h2-4,8,11-12,16,28H,5-7,9H2,1H3,(H,26,30)(H,27,32)(H,29,31)/t11-,12-,16-/m0/s1. The molecular formula is C21H22F3N5O4. The van der Waals surface area contributed by atoms with Crippen LogP contribution in [0.2, 0.25) is 0 Å². The Morgan fingerprint density at radius 1 is 1.33 bits per heavy atom. The van der Waals surface area contributed by atoms with E-state index in [2.05, 4.69) is 20.9 Å². The summed E-state index contributed by atoms with van der Waals surface area (Å²) in [4.78, 5) is 39.7. The van der Waals surface area contributed by atoms with Crippen LogP contribution in [0, 0.1) is 17.2 Å². The fourth-order valence-electron chi connectivity index (χ4n) is 3.68. The van der Waals surface area contributed by atoms with Gasteiger partial charge in [0, 0.05) is 23.4 Å². The Bertz CT molecular complexity index is 1090. The molecule has 0 bridgehead atoms. The Morgan fingerprint density at radius 3 is 2.70 bits per heavy atom. The minimum absolute atomic E-state index is 0.0391. The summed E-state index contributed by atoms with van der Waals surface area (Å²) in [5.41, 5.74) is 0.463. The summed E-state index contributed by atoms with van der Waals surface area (Å²) in [6, 6.07) is 5.02. The summed E-state index contributed by atoms with van der Waals surface area (Å²) in [6.45, 7) is 0.428. The number of ether oxygens (including phenoxy) is 1. The average Bonchev–Trinajstić information content (AvgIpc) is 3.37. The fraction of sp³-hybridized carbons (Fsp3) is 0.429. The van der Waals surface area contributed by atoms with Gasteiger partial charge >= 0.3 is 6.18 Å². The van der Waals surface area contributed by atoms with Crippen molar-refractivity contribution in [3.8, 4) is 11.8 Å². The van der Waals surface area contributed by atoms with Crippen LogP contribution in [0.15, 0.2) is 24.3 Å². The zero-order valence-corrected chi connectivity index (χ0v) is 17.6. The van der Waals surface area contributed by atoms with E-state index in [1.54, 1.807) is 24.3 Å². The predicted molar refractivity (Wildman–Crippen MR) is 110 cm³/mol. The number of nitriles is 1. The molecule has 176 valence electrons. The minimum Gasteiger partial charge on any atom is -0.496 e. The molecule has 2 aromatic rings. The topological polar surface area (TPSA) is 136 Å². The van der Waals surface area contributed by atoms with E-state index in [9.17, 15) is 32.8 Å². The number of carbonyl (C=O) groups is 3. The lowest BCUT2D eigenvalue weighted by atomic mass is 9.98. The molecule has 1 aromatic heterocycles. The SMILES string of the molecule is COc1cccc2[nH]c(C(=O)N[C@@H](CC(F)(F)F)C(=O)N[C@H](C#N)C[C@@H]3CCNC3=O)cc12. The van der Waals surface area contributed by atoms with Crippen molar-refractivity contribution in [1.29, 1.82) is 5.26 Å². The average molecular weight is 465 g/mol. The normalized spacial score (nSPS) is 17.7. The Kier molecular flexibility index (Phi) is 7.10. The van der Waals surface area contributed by atoms with E-state index in [4.69, 9.17) is 4.74 Å². The van der Waals surface area contributed by atoms with E-state index in [-0.39, 0.29) is 18.0 Å². The summed E-state index contributed by atoms with van der Waals surface area (Å²) in [5, 5.41) is 16.7. The van der Waals surface area contributed by atoms with Gasteiger partial charge in [0.1, 0.15) is 23.5 Å². The molecule has 3 amide bonds. The van der Waals surface area contributed by atoms with Gasteiger partial charge < -0.3 is 25.7 Å². The summed E-state index contributed by atoms with van der Waals surface area (Å²) in [5.74, 6) is -2.44.